The number of nitrogens with one attached hydrogen (secondary N) is 1. The number of aromatic nitrogens is 4. The van der Waals surface area contributed by atoms with Crippen molar-refractivity contribution in [2.75, 3.05) is 6.54 Å². The molecule has 2 rings (SSSR count). The van der Waals surface area contributed by atoms with Gasteiger partial charge in [-0.25, -0.2) is 4.39 Å². The van der Waals surface area contributed by atoms with E-state index in [1.165, 1.54) is 29.8 Å². The Morgan fingerprint density at radius 1 is 1.29 bits per heavy atom. The zero-order chi connectivity index (χ0) is 17.4. The lowest BCUT2D eigenvalue weighted by atomic mass is 9.99. The first-order chi connectivity index (χ1) is 11.6. The van der Waals surface area contributed by atoms with Gasteiger partial charge in [-0.05, 0) is 41.8 Å². The molecule has 0 aliphatic heterocycles. The average molecular weight is 333 g/mol. The van der Waals surface area contributed by atoms with E-state index in [0.29, 0.717) is 23.9 Å². The van der Waals surface area contributed by atoms with Gasteiger partial charge in [0.25, 0.3) is 0 Å². The van der Waals surface area contributed by atoms with Crippen molar-refractivity contribution in [1.29, 1.82) is 0 Å². The van der Waals surface area contributed by atoms with Crippen LogP contribution in [0.1, 0.15) is 39.5 Å². The van der Waals surface area contributed by atoms with E-state index in [9.17, 15) is 9.18 Å². The summed E-state index contributed by atoms with van der Waals surface area (Å²) in [5.41, 5.74) is 0.661. The third kappa shape index (κ3) is 5.40. The van der Waals surface area contributed by atoms with Crippen LogP contribution in [0.2, 0.25) is 0 Å². The number of benzene rings is 1. The maximum Gasteiger partial charge on any atom is 0.243 e. The van der Waals surface area contributed by atoms with Gasteiger partial charge in [0.05, 0.1) is 0 Å². The highest BCUT2D eigenvalue weighted by molar-refractivity contribution is 5.75. The second kappa shape index (κ2) is 9.10. The Hall–Kier alpha value is -2.31. The van der Waals surface area contributed by atoms with Crippen molar-refractivity contribution in [1.82, 2.24) is 25.5 Å². The first-order valence-electron chi connectivity index (χ1n) is 8.42. The molecule has 7 heteroatoms. The van der Waals surface area contributed by atoms with Crippen molar-refractivity contribution in [3.8, 4) is 11.4 Å². The highest BCUT2D eigenvalue weighted by Crippen LogP contribution is 2.14. The Morgan fingerprint density at radius 2 is 2.04 bits per heavy atom. The van der Waals surface area contributed by atoms with Gasteiger partial charge in [0.15, 0.2) is 0 Å². The number of unbranched alkanes of at least 4 members (excludes halogenated alkanes) is 1. The minimum absolute atomic E-state index is 0.0262. The molecule has 0 bridgehead atoms. The molecule has 24 heavy (non-hydrogen) atoms. The van der Waals surface area contributed by atoms with E-state index < -0.39 is 0 Å². The van der Waals surface area contributed by atoms with Gasteiger partial charge >= 0.3 is 0 Å². The quantitative estimate of drug-likeness (QED) is 0.766. The molecule has 2 aromatic rings. The largest absolute Gasteiger partial charge is 0.354 e. The number of carbonyl (C=O) groups excluding carboxylic acids is 1. The topological polar surface area (TPSA) is 72.7 Å². The predicted molar refractivity (Wildman–Crippen MR) is 89.5 cm³/mol. The smallest absolute Gasteiger partial charge is 0.243 e. The SMILES string of the molecule is CCCC[C@H](CC)CNC(=O)Cn1nnc(-c2ccc(F)cc2)n1. The fourth-order valence-electron chi connectivity index (χ4n) is 2.41. The Kier molecular flexibility index (Phi) is 6.84. The lowest BCUT2D eigenvalue weighted by Crippen LogP contribution is -2.32. The number of nitrogens with zero attached hydrogens (tertiary/aromatic N) is 4. The molecule has 0 saturated heterocycles. The van der Waals surface area contributed by atoms with Gasteiger partial charge in [0.2, 0.25) is 11.7 Å². The van der Waals surface area contributed by atoms with E-state index >= 15 is 0 Å². The van der Waals surface area contributed by atoms with E-state index in [1.807, 2.05) is 0 Å². The van der Waals surface area contributed by atoms with Gasteiger partial charge in [-0.2, -0.15) is 4.80 Å². The zero-order valence-corrected chi connectivity index (χ0v) is 14.2. The maximum absolute atomic E-state index is 12.9. The van der Waals surface area contributed by atoms with Crippen LogP contribution >= 0.6 is 0 Å². The molecule has 0 fully saturated rings. The lowest BCUT2D eigenvalue weighted by molar-refractivity contribution is -0.122. The number of halogens is 1. The Balaban J connectivity index is 1.85. The Labute approximate surface area is 141 Å². The van der Waals surface area contributed by atoms with Crippen molar-refractivity contribution in [2.45, 2.75) is 46.1 Å². The van der Waals surface area contributed by atoms with Crippen molar-refractivity contribution in [3.63, 3.8) is 0 Å². The molecule has 0 aliphatic carbocycles. The van der Waals surface area contributed by atoms with Gasteiger partial charge in [-0.1, -0.05) is 33.1 Å². The fraction of sp³-hybridized carbons (Fsp3) is 0.529. The summed E-state index contributed by atoms with van der Waals surface area (Å²) in [5.74, 6) is 0.427. The molecule has 0 radical (unpaired) electrons. The Bertz CT molecular complexity index is 641. The highest BCUT2D eigenvalue weighted by atomic mass is 19.1. The van der Waals surface area contributed by atoms with Crippen molar-refractivity contribution >= 4 is 5.91 Å². The molecule has 130 valence electrons. The normalized spacial score (nSPS) is 12.1. The minimum Gasteiger partial charge on any atom is -0.354 e. The molecule has 0 unspecified atom stereocenters. The van der Waals surface area contributed by atoms with Crippen LogP contribution in [0.15, 0.2) is 24.3 Å². The number of hydrogen-bond acceptors (Lipinski definition) is 4. The lowest BCUT2D eigenvalue weighted by Gasteiger charge is -2.14. The van der Waals surface area contributed by atoms with Crippen LogP contribution in [0.4, 0.5) is 4.39 Å². The number of amides is 1. The highest BCUT2D eigenvalue weighted by Gasteiger charge is 2.11. The van der Waals surface area contributed by atoms with Gasteiger partial charge in [-0.15, -0.1) is 10.2 Å². The number of hydrogen-bond donors (Lipinski definition) is 1. The molecule has 1 aromatic heterocycles. The summed E-state index contributed by atoms with van der Waals surface area (Å²) in [4.78, 5) is 13.3. The second-order valence-corrected chi connectivity index (χ2v) is 5.87. The van der Waals surface area contributed by atoms with Gasteiger partial charge in [0, 0.05) is 12.1 Å². The van der Waals surface area contributed by atoms with E-state index in [-0.39, 0.29) is 18.3 Å². The molecule has 0 spiro atoms. The second-order valence-electron chi connectivity index (χ2n) is 5.87. The van der Waals surface area contributed by atoms with Crippen LogP contribution in [0.3, 0.4) is 0 Å². The molecule has 0 saturated carbocycles. The van der Waals surface area contributed by atoms with Crippen molar-refractivity contribution in [3.05, 3.63) is 30.1 Å². The molecule has 1 heterocycles. The average Bonchev–Trinajstić information content (AvgIpc) is 3.04. The molecule has 1 amide bonds. The van der Waals surface area contributed by atoms with Gasteiger partial charge in [0.1, 0.15) is 12.4 Å². The molecule has 6 nitrogen and oxygen atoms in total. The van der Waals surface area contributed by atoms with Crippen molar-refractivity contribution < 1.29 is 9.18 Å². The molecular formula is C17H24FN5O. The summed E-state index contributed by atoms with van der Waals surface area (Å²) in [5, 5.41) is 14.9. The Morgan fingerprint density at radius 3 is 2.71 bits per heavy atom. The van der Waals surface area contributed by atoms with E-state index in [0.717, 1.165) is 12.8 Å². The molecule has 1 aromatic carbocycles. The molecular weight excluding hydrogens is 309 g/mol. The zero-order valence-electron chi connectivity index (χ0n) is 14.2. The fourth-order valence-corrected chi connectivity index (χ4v) is 2.41. The first kappa shape index (κ1) is 18.0. The predicted octanol–water partition coefficient (Wildman–Crippen LogP) is 2.81. The van der Waals surface area contributed by atoms with Gasteiger partial charge < -0.3 is 5.32 Å². The monoisotopic (exact) mass is 333 g/mol. The van der Waals surface area contributed by atoms with E-state index in [2.05, 4.69) is 34.6 Å². The van der Waals surface area contributed by atoms with Crippen LogP contribution in [-0.2, 0) is 11.3 Å². The number of tetrazole rings is 1. The summed E-state index contributed by atoms with van der Waals surface area (Å²) < 4.78 is 12.9. The van der Waals surface area contributed by atoms with Crippen LogP contribution < -0.4 is 5.32 Å². The molecule has 1 atom stereocenters. The van der Waals surface area contributed by atoms with Crippen LogP contribution in [-0.4, -0.2) is 32.7 Å². The van der Waals surface area contributed by atoms with Gasteiger partial charge in [-0.3, -0.25) is 4.79 Å². The summed E-state index contributed by atoms with van der Waals surface area (Å²) in [6.45, 7) is 5.01. The number of rotatable bonds is 9. The first-order valence-corrected chi connectivity index (χ1v) is 8.42. The summed E-state index contributed by atoms with van der Waals surface area (Å²) >= 11 is 0. The number of carbonyl (C=O) groups is 1. The third-order valence-corrected chi connectivity index (χ3v) is 3.97. The maximum atomic E-state index is 12.9. The summed E-state index contributed by atoms with van der Waals surface area (Å²) in [7, 11) is 0. The standard InChI is InChI=1S/C17H24FN5O/c1-3-5-6-13(4-2)11-19-16(24)12-23-21-17(20-22-23)14-7-9-15(18)10-8-14/h7-10,13H,3-6,11-12H2,1-2H3,(H,19,24)/t13-/m0/s1. The minimum atomic E-state index is -0.320. The third-order valence-electron chi connectivity index (χ3n) is 3.97. The molecule has 1 N–H and O–H groups in total. The van der Waals surface area contributed by atoms with Crippen molar-refractivity contribution in [2.24, 2.45) is 5.92 Å². The van der Waals surface area contributed by atoms with Crippen LogP contribution in [0, 0.1) is 11.7 Å². The molecule has 0 aliphatic rings. The van der Waals surface area contributed by atoms with E-state index in [1.54, 1.807) is 12.1 Å². The van der Waals surface area contributed by atoms with E-state index in [4.69, 9.17) is 0 Å². The summed E-state index contributed by atoms with van der Waals surface area (Å²) in [6, 6.07) is 5.83. The van der Waals surface area contributed by atoms with Crippen LogP contribution in [0.5, 0.6) is 0 Å². The summed E-state index contributed by atoms with van der Waals surface area (Å²) in [6.07, 6.45) is 4.53. The van der Waals surface area contributed by atoms with Crippen LogP contribution in [0.25, 0.3) is 11.4 Å².